The summed E-state index contributed by atoms with van der Waals surface area (Å²) in [6, 6.07) is 9.91. The van der Waals surface area contributed by atoms with E-state index in [2.05, 4.69) is 14.9 Å². The van der Waals surface area contributed by atoms with Gasteiger partial charge in [0.05, 0.1) is 0 Å². The summed E-state index contributed by atoms with van der Waals surface area (Å²) in [5, 5.41) is 0. The molecular formula is C23H28N6O3. The number of fused-ring (bicyclic) bond motifs is 1. The van der Waals surface area contributed by atoms with Gasteiger partial charge in [-0.3, -0.25) is 19.1 Å². The minimum atomic E-state index is -0.492. The number of nitrogens with zero attached hydrogens (tertiary/aromatic N) is 5. The van der Waals surface area contributed by atoms with Crippen molar-refractivity contribution in [3.8, 4) is 0 Å². The van der Waals surface area contributed by atoms with Crippen molar-refractivity contribution in [2.24, 2.45) is 7.05 Å². The maximum Gasteiger partial charge on any atom is 0.329 e. The van der Waals surface area contributed by atoms with Gasteiger partial charge in [-0.25, -0.2) is 4.79 Å². The van der Waals surface area contributed by atoms with E-state index in [-0.39, 0.29) is 5.91 Å². The lowest BCUT2D eigenvalue weighted by molar-refractivity contribution is -0.131. The van der Waals surface area contributed by atoms with Crippen molar-refractivity contribution in [3.05, 3.63) is 62.8 Å². The second-order valence-corrected chi connectivity index (χ2v) is 7.94. The monoisotopic (exact) mass is 436 g/mol. The molecule has 9 nitrogen and oxygen atoms in total. The standard InChI is InChI=1S/C23H28N6O3/c1-3-8-18(30)27-13-15-28(16-14-27)22-24-20-19(21(31)25-23(32)26(20)2)29(22)12-7-11-17-9-5-4-6-10-17/h4-7,9-11H,3,8,12-16H2,1-2H3,(H,25,31,32)/b11-7+. The topological polar surface area (TPSA) is 96.2 Å². The Morgan fingerprint density at radius 1 is 1.12 bits per heavy atom. The van der Waals surface area contributed by atoms with Crippen LogP contribution in [0.2, 0.25) is 0 Å². The Bertz CT molecular complexity index is 1250. The third kappa shape index (κ3) is 4.23. The summed E-state index contributed by atoms with van der Waals surface area (Å²) in [6.45, 7) is 4.88. The Kier molecular flexibility index (Phi) is 6.25. The number of rotatable bonds is 6. The Morgan fingerprint density at radius 2 is 1.84 bits per heavy atom. The molecule has 1 fully saturated rings. The van der Waals surface area contributed by atoms with E-state index in [4.69, 9.17) is 0 Å². The molecule has 9 heteroatoms. The highest BCUT2D eigenvalue weighted by atomic mass is 16.2. The fourth-order valence-corrected chi connectivity index (χ4v) is 4.02. The number of hydrogen-bond donors (Lipinski definition) is 1. The molecule has 3 heterocycles. The van der Waals surface area contributed by atoms with E-state index in [9.17, 15) is 14.4 Å². The van der Waals surface area contributed by atoms with Crippen LogP contribution in [0.3, 0.4) is 0 Å². The zero-order valence-electron chi connectivity index (χ0n) is 18.5. The lowest BCUT2D eigenvalue weighted by atomic mass is 10.2. The van der Waals surface area contributed by atoms with Crippen LogP contribution in [0.1, 0.15) is 25.3 Å². The van der Waals surface area contributed by atoms with E-state index in [1.807, 2.05) is 58.9 Å². The molecule has 168 valence electrons. The highest BCUT2D eigenvalue weighted by molar-refractivity contribution is 5.77. The third-order valence-corrected chi connectivity index (χ3v) is 5.76. The molecule has 2 aromatic heterocycles. The number of piperazine rings is 1. The molecule has 1 aliphatic heterocycles. The molecule has 0 aliphatic carbocycles. The second-order valence-electron chi connectivity index (χ2n) is 7.94. The van der Waals surface area contributed by atoms with Crippen molar-refractivity contribution in [1.82, 2.24) is 24.0 Å². The van der Waals surface area contributed by atoms with Gasteiger partial charge in [0, 0.05) is 46.2 Å². The van der Waals surface area contributed by atoms with E-state index >= 15 is 0 Å². The van der Waals surface area contributed by atoms with Gasteiger partial charge < -0.3 is 14.4 Å². The molecule has 0 bridgehead atoms. The summed E-state index contributed by atoms with van der Waals surface area (Å²) in [5.41, 5.74) is 0.832. The molecule has 0 radical (unpaired) electrons. The number of amides is 1. The maximum absolute atomic E-state index is 12.7. The van der Waals surface area contributed by atoms with Crippen LogP contribution in [0, 0.1) is 0 Å². The van der Waals surface area contributed by atoms with Gasteiger partial charge in [0.2, 0.25) is 11.9 Å². The average Bonchev–Trinajstić information content (AvgIpc) is 3.19. The predicted octanol–water partition coefficient (Wildman–Crippen LogP) is 1.59. The summed E-state index contributed by atoms with van der Waals surface area (Å²) in [5.74, 6) is 0.803. The number of carbonyl (C=O) groups is 1. The number of H-pyrrole nitrogens is 1. The normalized spacial score (nSPS) is 14.6. The van der Waals surface area contributed by atoms with Crippen LogP contribution < -0.4 is 16.1 Å². The molecule has 3 aromatic rings. The van der Waals surface area contributed by atoms with Crippen LogP contribution in [0.5, 0.6) is 0 Å². The third-order valence-electron chi connectivity index (χ3n) is 5.76. The maximum atomic E-state index is 12.7. The highest BCUT2D eigenvalue weighted by Crippen LogP contribution is 2.21. The number of aryl methyl sites for hydroxylation is 1. The van der Waals surface area contributed by atoms with Crippen LogP contribution in [0.4, 0.5) is 5.95 Å². The van der Waals surface area contributed by atoms with Crippen molar-refractivity contribution in [2.45, 2.75) is 26.3 Å². The van der Waals surface area contributed by atoms with Crippen molar-refractivity contribution in [2.75, 3.05) is 31.1 Å². The fraction of sp³-hybridized carbons (Fsp3) is 0.391. The Morgan fingerprint density at radius 3 is 2.53 bits per heavy atom. The van der Waals surface area contributed by atoms with E-state index in [1.165, 1.54) is 4.57 Å². The summed E-state index contributed by atoms with van der Waals surface area (Å²) >= 11 is 0. The predicted molar refractivity (Wildman–Crippen MR) is 125 cm³/mol. The van der Waals surface area contributed by atoms with Crippen LogP contribution in [0.25, 0.3) is 17.2 Å². The van der Waals surface area contributed by atoms with Gasteiger partial charge in [-0.1, -0.05) is 49.4 Å². The lowest BCUT2D eigenvalue weighted by Crippen LogP contribution is -2.49. The van der Waals surface area contributed by atoms with Gasteiger partial charge in [0.25, 0.3) is 5.56 Å². The summed E-state index contributed by atoms with van der Waals surface area (Å²) in [7, 11) is 1.60. The summed E-state index contributed by atoms with van der Waals surface area (Å²) in [6.07, 6.45) is 5.36. The smallest absolute Gasteiger partial charge is 0.329 e. The first-order valence-electron chi connectivity index (χ1n) is 10.9. The van der Waals surface area contributed by atoms with E-state index in [0.29, 0.717) is 56.3 Å². The molecule has 32 heavy (non-hydrogen) atoms. The number of imidazole rings is 1. The second kappa shape index (κ2) is 9.25. The quantitative estimate of drug-likeness (QED) is 0.633. The summed E-state index contributed by atoms with van der Waals surface area (Å²) in [4.78, 5) is 48.1. The highest BCUT2D eigenvalue weighted by Gasteiger charge is 2.26. The first kappa shape index (κ1) is 21.6. The Hall–Kier alpha value is -3.62. The molecule has 4 rings (SSSR count). The minimum Gasteiger partial charge on any atom is -0.339 e. The fourth-order valence-electron chi connectivity index (χ4n) is 4.02. The molecule has 0 saturated carbocycles. The van der Waals surface area contributed by atoms with Gasteiger partial charge in [0.15, 0.2) is 11.2 Å². The SMILES string of the molecule is CCCC(=O)N1CCN(c2nc3c(c(=O)[nH]c(=O)n3C)n2C/C=C/c2ccccc2)CC1. The number of carbonyl (C=O) groups excluding carboxylic acids is 1. The number of benzene rings is 1. The molecule has 0 atom stereocenters. The molecule has 1 N–H and O–H groups in total. The number of allylic oxidation sites excluding steroid dienone is 1. The van der Waals surface area contributed by atoms with Gasteiger partial charge in [-0.15, -0.1) is 0 Å². The lowest BCUT2D eigenvalue weighted by Gasteiger charge is -2.35. The Labute approximate surface area is 185 Å². The van der Waals surface area contributed by atoms with Crippen molar-refractivity contribution < 1.29 is 4.79 Å². The van der Waals surface area contributed by atoms with Crippen LogP contribution in [-0.4, -0.2) is 56.1 Å². The van der Waals surface area contributed by atoms with Crippen molar-refractivity contribution in [3.63, 3.8) is 0 Å². The van der Waals surface area contributed by atoms with E-state index < -0.39 is 11.2 Å². The number of aromatic nitrogens is 4. The molecule has 0 spiro atoms. The van der Waals surface area contributed by atoms with E-state index in [1.54, 1.807) is 7.05 Å². The zero-order chi connectivity index (χ0) is 22.7. The molecule has 1 aliphatic rings. The van der Waals surface area contributed by atoms with Crippen LogP contribution in [0.15, 0.2) is 46.0 Å². The van der Waals surface area contributed by atoms with Gasteiger partial charge in [-0.2, -0.15) is 4.98 Å². The summed E-state index contributed by atoms with van der Waals surface area (Å²) < 4.78 is 3.20. The van der Waals surface area contributed by atoms with Gasteiger partial charge in [-0.05, 0) is 12.0 Å². The van der Waals surface area contributed by atoms with Gasteiger partial charge in [0.1, 0.15) is 0 Å². The average molecular weight is 437 g/mol. The number of hydrogen-bond acceptors (Lipinski definition) is 5. The molecule has 1 saturated heterocycles. The molecule has 1 amide bonds. The first-order valence-corrected chi connectivity index (χ1v) is 10.9. The van der Waals surface area contributed by atoms with Crippen molar-refractivity contribution in [1.29, 1.82) is 0 Å². The molecule has 1 aromatic carbocycles. The van der Waals surface area contributed by atoms with Crippen molar-refractivity contribution >= 4 is 29.1 Å². The largest absolute Gasteiger partial charge is 0.339 e. The Balaban J connectivity index is 1.68. The van der Waals surface area contributed by atoms with E-state index in [0.717, 1.165) is 12.0 Å². The van der Waals surface area contributed by atoms with Crippen LogP contribution in [-0.2, 0) is 18.4 Å². The number of aromatic amines is 1. The molecular weight excluding hydrogens is 408 g/mol. The van der Waals surface area contributed by atoms with Gasteiger partial charge >= 0.3 is 5.69 Å². The zero-order valence-corrected chi connectivity index (χ0v) is 18.5. The molecule has 0 unspecified atom stereocenters. The minimum absolute atomic E-state index is 0.172. The number of anilines is 1. The number of nitrogens with one attached hydrogen (secondary N) is 1. The van der Waals surface area contributed by atoms with Crippen LogP contribution >= 0.6 is 0 Å². The first-order chi connectivity index (χ1) is 15.5.